The fourth-order valence-electron chi connectivity index (χ4n) is 3.04. The Bertz CT molecular complexity index is 928. The standard InChI is InChI=1S/C20H24N6O2S/c1-25-8-10-26(11-9-25)18-19(28-14-15-6-4-3-5-7-15)23-17(13-21-18)29-20-16(27-2)12-22-24-20/h3-7,12-13H,8-11,14H2,1-2H3,(H,22,24). The smallest absolute Gasteiger partial charge is 0.259 e. The first-order valence-corrected chi connectivity index (χ1v) is 10.3. The highest BCUT2D eigenvalue weighted by atomic mass is 32.2. The first kappa shape index (κ1) is 19.5. The van der Waals surface area contributed by atoms with Gasteiger partial charge in [0.1, 0.15) is 16.7 Å². The highest BCUT2D eigenvalue weighted by Crippen LogP contribution is 2.34. The van der Waals surface area contributed by atoms with Gasteiger partial charge < -0.3 is 19.3 Å². The number of anilines is 1. The third-order valence-corrected chi connectivity index (χ3v) is 5.62. The molecule has 1 N–H and O–H groups in total. The molecule has 9 heteroatoms. The normalized spacial score (nSPS) is 14.8. The summed E-state index contributed by atoms with van der Waals surface area (Å²) in [7, 11) is 3.75. The maximum Gasteiger partial charge on any atom is 0.259 e. The van der Waals surface area contributed by atoms with Crippen molar-refractivity contribution in [2.45, 2.75) is 16.7 Å². The fraction of sp³-hybridized carbons (Fsp3) is 0.350. The van der Waals surface area contributed by atoms with Crippen molar-refractivity contribution in [3.63, 3.8) is 0 Å². The summed E-state index contributed by atoms with van der Waals surface area (Å²) in [5, 5.41) is 8.45. The summed E-state index contributed by atoms with van der Waals surface area (Å²) >= 11 is 1.41. The summed E-state index contributed by atoms with van der Waals surface area (Å²) in [6, 6.07) is 10.1. The molecule has 29 heavy (non-hydrogen) atoms. The second-order valence-corrected chi connectivity index (χ2v) is 7.80. The molecule has 3 heterocycles. The van der Waals surface area contributed by atoms with Crippen LogP contribution in [0.3, 0.4) is 0 Å². The lowest BCUT2D eigenvalue weighted by Gasteiger charge is -2.33. The SMILES string of the molecule is COc1cn[nH]c1Sc1cnc(N2CCN(C)CC2)c(OCc2ccccc2)n1. The van der Waals surface area contributed by atoms with E-state index >= 15 is 0 Å². The van der Waals surface area contributed by atoms with Crippen LogP contribution in [0.2, 0.25) is 0 Å². The maximum absolute atomic E-state index is 6.12. The minimum atomic E-state index is 0.442. The number of nitrogens with one attached hydrogen (secondary N) is 1. The Kier molecular flexibility index (Phi) is 6.16. The summed E-state index contributed by atoms with van der Waals surface area (Å²) in [6.07, 6.45) is 3.41. The van der Waals surface area contributed by atoms with Gasteiger partial charge in [0.25, 0.3) is 5.88 Å². The summed E-state index contributed by atoms with van der Waals surface area (Å²) in [5.41, 5.74) is 1.09. The average Bonchev–Trinajstić information content (AvgIpc) is 3.21. The number of ether oxygens (including phenoxy) is 2. The van der Waals surface area contributed by atoms with Gasteiger partial charge in [-0.25, -0.2) is 9.97 Å². The second-order valence-electron chi connectivity index (χ2n) is 6.77. The molecule has 0 amide bonds. The first-order chi connectivity index (χ1) is 14.2. The van der Waals surface area contributed by atoms with Gasteiger partial charge in [0.05, 0.1) is 19.5 Å². The summed E-state index contributed by atoms with van der Waals surface area (Å²) in [4.78, 5) is 14.0. The number of piperazine rings is 1. The third kappa shape index (κ3) is 4.80. The largest absolute Gasteiger partial charge is 0.492 e. The molecule has 0 radical (unpaired) electrons. The van der Waals surface area contributed by atoms with Crippen molar-refractivity contribution in [3.05, 3.63) is 48.3 Å². The van der Waals surface area contributed by atoms with Crippen molar-refractivity contribution in [3.8, 4) is 11.6 Å². The van der Waals surface area contributed by atoms with E-state index in [1.807, 2.05) is 30.3 Å². The predicted molar refractivity (Wildman–Crippen MR) is 112 cm³/mol. The second kappa shape index (κ2) is 9.15. The molecule has 0 saturated carbocycles. The van der Waals surface area contributed by atoms with E-state index in [2.05, 4.69) is 27.0 Å². The van der Waals surface area contributed by atoms with Crippen LogP contribution in [0.1, 0.15) is 5.56 Å². The Morgan fingerprint density at radius 1 is 1.10 bits per heavy atom. The molecule has 0 unspecified atom stereocenters. The zero-order chi connectivity index (χ0) is 20.1. The average molecular weight is 413 g/mol. The van der Waals surface area contributed by atoms with Crippen LogP contribution in [0, 0.1) is 0 Å². The molecule has 3 aromatic rings. The van der Waals surface area contributed by atoms with Crippen LogP contribution < -0.4 is 14.4 Å². The molecular weight excluding hydrogens is 388 g/mol. The van der Waals surface area contributed by atoms with Gasteiger partial charge in [0.15, 0.2) is 11.6 Å². The number of aromatic amines is 1. The number of nitrogens with zero attached hydrogens (tertiary/aromatic N) is 5. The van der Waals surface area contributed by atoms with Crippen LogP contribution in [-0.2, 0) is 6.61 Å². The van der Waals surface area contributed by atoms with E-state index in [1.54, 1.807) is 19.5 Å². The minimum Gasteiger partial charge on any atom is -0.492 e. The molecule has 152 valence electrons. The van der Waals surface area contributed by atoms with Crippen molar-refractivity contribution in [1.29, 1.82) is 0 Å². The number of likely N-dealkylation sites (N-methyl/N-ethyl adjacent to an activating group) is 1. The number of hydrogen-bond donors (Lipinski definition) is 1. The Morgan fingerprint density at radius 2 is 1.90 bits per heavy atom. The minimum absolute atomic E-state index is 0.442. The molecule has 1 aliphatic heterocycles. The maximum atomic E-state index is 6.12. The number of rotatable bonds is 7. The molecule has 1 fully saturated rings. The molecule has 2 aromatic heterocycles. The Hall–Kier alpha value is -2.78. The molecule has 1 saturated heterocycles. The monoisotopic (exact) mass is 412 g/mol. The van der Waals surface area contributed by atoms with E-state index in [9.17, 15) is 0 Å². The van der Waals surface area contributed by atoms with Crippen LogP contribution in [0.25, 0.3) is 0 Å². The Labute approximate surface area is 174 Å². The van der Waals surface area contributed by atoms with E-state index in [1.165, 1.54) is 11.8 Å². The van der Waals surface area contributed by atoms with Crippen molar-refractivity contribution < 1.29 is 9.47 Å². The third-order valence-electron chi connectivity index (χ3n) is 4.72. The first-order valence-electron chi connectivity index (χ1n) is 9.45. The van der Waals surface area contributed by atoms with Crippen LogP contribution in [-0.4, -0.2) is 65.4 Å². The number of methoxy groups -OCH3 is 1. The van der Waals surface area contributed by atoms with E-state index < -0.39 is 0 Å². The van der Waals surface area contributed by atoms with Crippen LogP contribution in [0.15, 0.2) is 52.8 Å². The number of aromatic nitrogens is 4. The van der Waals surface area contributed by atoms with Crippen molar-refractivity contribution in [2.75, 3.05) is 45.2 Å². The lowest BCUT2D eigenvalue weighted by atomic mass is 10.2. The lowest BCUT2D eigenvalue weighted by molar-refractivity contribution is 0.283. The molecule has 0 atom stereocenters. The van der Waals surface area contributed by atoms with Crippen LogP contribution in [0.4, 0.5) is 5.82 Å². The van der Waals surface area contributed by atoms with Gasteiger partial charge in [-0.15, -0.1) is 0 Å². The highest BCUT2D eigenvalue weighted by Gasteiger charge is 2.21. The van der Waals surface area contributed by atoms with Gasteiger partial charge in [0.2, 0.25) is 0 Å². The van der Waals surface area contributed by atoms with E-state index in [4.69, 9.17) is 19.4 Å². The topological polar surface area (TPSA) is 79.4 Å². The van der Waals surface area contributed by atoms with Gasteiger partial charge in [0, 0.05) is 26.2 Å². The summed E-state index contributed by atoms with van der Waals surface area (Å²) in [6.45, 7) is 4.21. The van der Waals surface area contributed by atoms with Crippen LogP contribution in [0.5, 0.6) is 11.6 Å². The van der Waals surface area contributed by atoms with E-state index in [0.717, 1.165) is 42.6 Å². The number of benzene rings is 1. The molecule has 8 nitrogen and oxygen atoms in total. The predicted octanol–water partition coefficient (Wildman–Crippen LogP) is 2.69. The molecule has 0 bridgehead atoms. The van der Waals surface area contributed by atoms with Gasteiger partial charge in [-0.2, -0.15) is 5.10 Å². The lowest BCUT2D eigenvalue weighted by Crippen LogP contribution is -2.45. The summed E-state index contributed by atoms with van der Waals surface area (Å²) in [5.74, 6) is 2.00. The van der Waals surface area contributed by atoms with Crippen molar-refractivity contribution in [2.24, 2.45) is 0 Å². The molecule has 1 aliphatic rings. The number of H-pyrrole nitrogens is 1. The number of hydrogen-bond acceptors (Lipinski definition) is 8. The highest BCUT2D eigenvalue weighted by molar-refractivity contribution is 7.99. The zero-order valence-electron chi connectivity index (χ0n) is 16.5. The quantitative estimate of drug-likeness (QED) is 0.635. The Balaban J connectivity index is 1.58. The van der Waals surface area contributed by atoms with E-state index in [-0.39, 0.29) is 0 Å². The fourth-order valence-corrected chi connectivity index (χ4v) is 3.82. The molecule has 1 aromatic carbocycles. The summed E-state index contributed by atoms with van der Waals surface area (Å²) < 4.78 is 11.4. The molecular formula is C20H24N6O2S. The Morgan fingerprint density at radius 3 is 2.66 bits per heavy atom. The van der Waals surface area contributed by atoms with Crippen molar-refractivity contribution in [1.82, 2.24) is 25.1 Å². The van der Waals surface area contributed by atoms with Gasteiger partial charge in [-0.05, 0) is 24.4 Å². The van der Waals surface area contributed by atoms with E-state index in [0.29, 0.717) is 23.3 Å². The van der Waals surface area contributed by atoms with Gasteiger partial charge >= 0.3 is 0 Å². The van der Waals surface area contributed by atoms with Gasteiger partial charge in [-0.1, -0.05) is 30.3 Å². The zero-order valence-corrected chi connectivity index (χ0v) is 17.4. The molecule has 0 aliphatic carbocycles. The molecule has 4 rings (SSSR count). The molecule has 0 spiro atoms. The van der Waals surface area contributed by atoms with Crippen LogP contribution >= 0.6 is 11.8 Å². The van der Waals surface area contributed by atoms with Gasteiger partial charge in [-0.3, -0.25) is 5.10 Å². The van der Waals surface area contributed by atoms with Crippen molar-refractivity contribution >= 4 is 17.6 Å².